The number of amidine groups is 2. The van der Waals surface area contributed by atoms with Gasteiger partial charge in [-0.3, -0.25) is 14.6 Å². The predicted molar refractivity (Wildman–Crippen MR) is 78.5 cm³/mol. The monoisotopic (exact) mass is 302 g/mol. The fourth-order valence-electron chi connectivity index (χ4n) is 2.47. The minimum absolute atomic E-state index is 0. The maximum absolute atomic E-state index is 12.3. The van der Waals surface area contributed by atoms with Crippen LogP contribution in [-0.4, -0.2) is 71.2 Å². The molecule has 20 heavy (non-hydrogen) atoms. The van der Waals surface area contributed by atoms with Crippen LogP contribution in [0, 0.1) is 0 Å². The molecule has 2 N–H and O–H groups in total. The molecule has 0 aromatic heterocycles. The molecule has 0 radical (unpaired) electrons. The lowest BCUT2D eigenvalue weighted by Gasteiger charge is -2.30. The zero-order valence-electron chi connectivity index (χ0n) is 12.0. The third-order valence-electron chi connectivity index (χ3n) is 3.46. The van der Waals surface area contributed by atoms with Crippen LogP contribution in [0.5, 0.6) is 0 Å². The second-order valence-electron chi connectivity index (χ2n) is 4.76. The van der Waals surface area contributed by atoms with Crippen molar-refractivity contribution in [3.05, 3.63) is 0 Å². The molecule has 1 fully saturated rings. The fourth-order valence-corrected chi connectivity index (χ4v) is 2.47. The summed E-state index contributed by atoms with van der Waals surface area (Å²) in [5, 5.41) is 0. The molecule has 0 spiro atoms. The lowest BCUT2D eigenvalue weighted by atomic mass is 10.1. The molecule has 1 saturated heterocycles. The van der Waals surface area contributed by atoms with Crippen molar-refractivity contribution in [3.8, 4) is 0 Å². The number of nitrogens with two attached hydrogens (primary N) is 1. The van der Waals surface area contributed by atoms with E-state index in [9.17, 15) is 9.59 Å². The number of aliphatic imine (C=N–C) groups is 1. The summed E-state index contributed by atoms with van der Waals surface area (Å²) in [6.45, 7) is 3.06. The fraction of sp³-hybridized carbons (Fsp3) is 0.667. The van der Waals surface area contributed by atoms with Crippen molar-refractivity contribution in [2.75, 3.05) is 27.2 Å². The van der Waals surface area contributed by atoms with Crippen molar-refractivity contribution in [2.45, 2.75) is 25.8 Å². The van der Waals surface area contributed by atoms with Gasteiger partial charge in [-0.25, -0.2) is 9.37 Å². The van der Waals surface area contributed by atoms with E-state index in [4.69, 9.17) is 5.73 Å². The number of carbonyl (C=O) groups excluding carboxylic acids is 2. The molecule has 1 unspecified atom stereocenters. The lowest BCUT2D eigenvalue weighted by Crippen LogP contribution is -2.61. The van der Waals surface area contributed by atoms with E-state index in [2.05, 4.69) is 11.9 Å². The Kier molecular flexibility index (Phi) is 5.24. The Morgan fingerprint density at radius 1 is 1.30 bits per heavy atom. The highest BCUT2D eigenvalue weighted by molar-refractivity contribution is 6.22. The Hall–Kier alpha value is -1.47. The number of urea groups is 1. The molecule has 2 aliphatic heterocycles. The van der Waals surface area contributed by atoms with Gasteiger partial charge in [0.15, 0.2) is 0 Å². The van der Waals surface area contributed by atoms with Crippen molar-refractivity contribution >= 4 is 36.0 Å². The average Bonchev–Trinajstić information content (AvgIpc) is 2.74. The van der Waals surface area contributed by atoms with Gasteiger partial charge in [-0.2, -0.15) is 0 Å². The van der Waals surface area contributed by atoms with Crippen LogP contribution in [0.25, 0.3) is 0 Å². The highest BCUT2D eigenvalue weighted by atomic mass is 35.5. The molecule has 8 heteroatoms. The maximum Gasteiger partial charge on any atom is 0.333 e. The summed E-state index contributed by atoms with van der Waals surface area (Å²) in [4.78, 5) is 31.3. The summed E-state index contributed by atoms with van der Waals surface area (Å²) >= 11 is 0. The van der Waals surface area contributed by atoms with Crippen LogP contribution in [0.3, 0.4) is 0 Å². The summed E-state index contributed by atoms with van der Waals surface area (Å²) in [5.74, 6) is 1.13. The maximum atomic E-state index is 12.3. The first-order valence-electron chi connectivity index (χ1n) is 6.49. The van der Waals surface area contributed by atoms with E-state index in [0.29, 0.717) is 18.9 Å². The molecular weight excluding hydrogens is 282 g/mol. The number of hydrogen-bond acceptors (Lipinski definition) is 4. The van der Waals surface area contributed by atoms with E-state index in [-0.39, 0.29) is 24.3 Å². The summed E-state index contributed by atoms with van der Waals surface area (Å²) < 4.78 is 1.92. The second-order valence-corrected chi connectivity index (χ2v) is 4.76. The molecule has 3 amide bonds. The third kappa shape index (κ3) is 2.43. The second kappa shape index (κ2) is 6.32. The van der Waals surface area contributed by atoms with E-state index in [1.54, 1.807) is 7.05 Å². The highest BCUT2D eigenvalue weighted by Crippen LogP contribution is 2.19. The first kappa shape index (κ1) is 16.6. The molecular formula is C12H21ClN5O2+. The molecule has 112 valence electrons. The zero-order valence-corrected chi connectivity index (χ0v) is 12.8. The van der Waals surface area contributed by atoms with Gasteiger partial charge in [0.05, 0.1) is 13.0 Å². The molecule has 0 aromatic carbocycles. The van der Waals surface area contributed by atoms with Crippen molar-refractivity contribution < 1.29 is 14.2 Å². The summed E-state index contributed by atoms with van der Waals surface area (Å²) in [5.41, 5.74) is 5.62. The van der Waals surface area contributed by atoms with E-state index in [0.717, 1.165) is 23.6 Å². The molecule has 2 heterocycles. The smallest absolute Gasteiger partial charge is 0.327 e. The van der Waals surface area contributed by atoms with Crippen LogP contribution in [0.2, 0.25) is 0 Å². The molecule has 0 saturated carbocycles. The lowest BCUT2D eigenvalue weighted by molar-refractivity contribution is -0.534. The molecule has 0 aliphatic carbocycles. The van der Waals surface area contributed by atoms with Gasteiger partial charge >= 0.3 is 6.03 Å². The zero-order chi connectivity index (χ0) is 14.2. The van der Waals surface area contributed by atoms with Crippen LogP contribution in [0.15, 0.2) is 4.99 Å². The first-order valence-corrected chi connectivity index (χ1v) is 6.49. The number of nitrogens with zero attached hydrogens (tertiary/aromatic N) is 4. The largest absolute Gasteiger partial charge is 0.333 e. The normalized spacial score (nSPS) is 22.0. The van der Waals surface area contributed by atoms with Crippen LogP contribution in [0.4, 0.5) is 4.79 Å². The molecule has 2 rings (SSSR count). The van der Waals surface area contributed by atoms with Gasteiger partial charge in [0.2, 0.25) is 0 Å². The summed E-state index contributed by atoms with van der Waals surface area (Å²) in [6, 6.07) is -0.844. The number of fused-ring (bicyclic) bond motifs is 1. The molecule has 0 aromatic rings. The van der Waals surface area contributed by atoms with E-state index >= 15 is 0 Å². The number of rotatable bonds is 4. The molecule has 1 atom stereocenters. The Bertz CT molecular complexity index is 488. The van der Waals surface area contributed by atoms with Crippen molar-refractivity contribution in [1.29, 1.82) is 0 Å². The van der Waals surface area contributed by atoms with E-state index in [1.165, 1.54) is 11.9 Å². The SMILES string of the molecule is CCCC1=[N+](CCN)C2C(=O)N(C)C(=O)N(C)C2=N1.Cl. The van der Waals surface area contributed by atoms with Gasteiger partial charge in [0, 0.05) is 20.6 Å². The first-order chi connectivity index (χ1) is 9.02. The Balaban J connectivity index is 0.00000200. The number of halogens is 1. The van der Waals surface area contributed by atoms with E-state index in [1.807, 2.05) is 4.58 Å². The third-order valence-corrected chi connectivity index (χ3v) is 3.46. The van der Waals surface area contributed by atoms with Crippen LogP contribution in [0.1, 0.15) is 19.8 Å². The van der Waals surface area contributed by atoms with Gasteiger partial charge in [-0.05, 0) is 11.4 Å². The van der Waals surface area contributed by atoms with Gasteiger partial charge in [0.1, 0.15) is 0 Å². The van der Waals surface area contributed by atoms with Crippen molar-refractivity contribution in [3.63, 3.8) is 0 Å². The molecule has 2 aliphatic rings. The van der Waals surface area contributed by atoms with Gasteiger partial charge in [-0.1, -0.05) is 6.92 Å². The Morgan fingerprint density at radius 2 is 1.95 bits per heavy atom. The van der Waals surface area contributed by atoms with Gasteiger partial charge < -0.3 is 5.73 Å². The quantitative estimate of drug-likeness (QED) is 0.735. The van der Waals surface area contributed by atoms with Gasteiger partial charge in [0.25, 0.3) is 23.6 Å². The number of carbonyl (C=O) groups is 2. The molecule has 0 bridgehead atoms. The Morgan fingerprint density at radius 3 is 2.50 bits per heavy atom. The van der Waals surface area contributed by atoms with Crippen LogP contribution in [-0.2, 0) is 4.79 Å². The number of hydrogen-bond donors (Lipinski definition) is 1. The van der Waals surface area contributed by atoms with E-state index < -0.39 is 6.04 Å². The highest BCUT2D eigenvalue weighted by Gasteiger charge is 2.52. The number of amides is 3. The van der Waals surface area contributed by atoms with Crippen molar-refractivity contribution in [2.24, 2.45) is 10.7 Å². The standard InChI is InChI=1S/C12H20N5O2.ClH/c1-4-5-8-14-10-9(17(8)7-6-13)11(18)16(3)12(19)15(10)2;/h9H,4-7,13H2,1-3H3;1H/q+1;. The summed E-state index contributed by atoms with van der Waals surface area (Å²) in [6.07, 6.45) is 1.71. The molecule has 7 nitrogen and oxygen atoms in total. The number of imide groups is 1. The minimum Gasteiger partial charge on any atom is -0.327 e. The minimum atomic E-state index is -0.502. The van der Waals surface area contributed by atoms with Crippen molar-refractivity contribution in [1.82, 2.24) is 9.80 Å². The number of likely N-dealkylation sites (N-methyl/N-ethyl adjacent to an activating group) is 2. The summed E-state index contributed by atoms with van der Waals surface area (Å²) in [7, 11) is 3.14. The van der Waals surface area contributed by atoms with Crippen LogP contribution < -0.4 is 5.73 Å². The van der Waals surface area contributed by atoms with Gasteiger partial charge in [-0.15, -0.1) is 12.4 Å². The Labute approximate surface area is 124 Å². The topological polar surface area (TPSA) is 82.0 Å². The van der Waals surface area contributed by atoms with Crippen LogP contribution >= 0.6 is 12.4 Å². The average molecular weight is 303 g/mol. The predicted octanol–water partition coefficient (Wildman–Crippen LogP) is -0.117.